The second kappa shape index (κ2) is 5.56. The number of fused-ring (bicyclic) bond motifs is 1. The molecule has 0 fully saturated rings. The van der Waals surface area contributed by atoms with Crippen LogP contribution in [0.4, 0.5) is 4.79 Å². The molecule has 0 radical (unpaired) electrons. The minimum Gasteiger partial charge on any atom is -0.480 e. The lowest BCUT2D eigenvalue weighted by molar-refractivity contribution is -0.143. The monoisotopic (exact) mass is 311 g/mol. The molecule has 0 saturated heterocycles. The van der Waals surface area contributed by atoms with Crippen molar-refractivity contribution in [2.45, 2.75) is 45.4 Å². The van der Waals surface area contributed by atoms with Crippen LogP contribution in [0.25, 0.3) is 0 Å². The Morgan fingerprint density at radius 3 is 2.57 bits per heavy atom. The summed E-state index contributed by atoms with van der Waals surface area (Å²) in [5.74, 6) is -1.05. The molecule has 0 saturated carbocycles. The van der Waals surface area contributed by atoms with Gasteiger partial charge in [-0.05, 0) is 44.0 Å². The van der Waals surface area contributed by atoms with E-state index >= 15 is 0 Å². The van der Waals surface area contributed by atoms with Gasteiger partial charge >= 0.3 is 12.1 Å². The Hall–Kier alpha value is -1.75. The maximum atomic E-state index is 12.2. The number of carbonyl (C=O) groups is 2. The smallest absolute Gasteiger partial charge is 0.411 e. The van der Waals surface area contributed by atoms with E-state index in [0.717, 1.165) is 11.1 Å². The summed E-state index contributed by atoms with van der Waals surface area (Å²) in [6.45, 7) is 5.45. The van der Waals surface area contributed by atoms with Crippen LogP contribution in [0.1, 0.15) is 31.9 Å². The fourth-order valence-electron chi connectivity index (χ4n) is 2.28. The van der Waals surface area contributed by atoms with Gasteiger partial charge in [0.15, 0.2) is 0 Å². The Bertz CT molecular complexity index is 580. The quantitative estimate of drug-likeness (QED) is 0.865. The number of carboxylic acids is 1. The molecule has 114 valence electrons. The van der Waals surface area contributed by atoms with Crippen LogP contribution in [0.15, 0.2) is 18.2 Å². The Morgan fingerprint density at radius 2 is 2.00 bits per heavy atom. The van der Waals surface area contributed by atoms with Crippen LogP contribution in [0.5, 0.6) is 0 Å². The third-order valence-electron chi connectivity index (χ3n) is 3.21. The van der Waals surface area contributed by atoms with Crippen LogP contribution in [-0.4, -0.2) is 33.7 Å². The first kappa shape index (κ1) is 15.6. The molecule has 1 aromatic carbocycles. The summed E-state index contributed by atoms with van der Waals surface area (Å²) >= 11 is 5.94. The number of aliphatic carboxylic acids is 1. The number of carbonyl (C=O) groups excluding carboxylic acids is 1. The highest BCUT2D eigenvalue weighted by atomic mass is 35.5. The normalized spacial score (nSPS) is 18.1. The molecule has 5 nitrogen and oxygen atoms in total. The van der Waals surface area contributed by atoms with Crippen LogP contribution in [-0.2, 0) is 22.5 Å². The molecule has 0 aromatic heterocycles. The average Bonchev–Trinajstić information content (AvgIpc) is 2.34. The first-order valence-electron chi connectivity index (χ1n) is 6.67. The fraction of sp³-hybridized carbons (Fsp3) is 0.467. The van der Waals surface area contributed by atoms with Gasteiger partial charge in [0.05, 0.1) is 6.54 Å². The molecule has 1 aromatic rings. The molecule has 6 heteroatoms. The maximum absolute atomic E-state index is 12.2. The predicted octanol–water partition coefficient (Wildman–Crippen LogP) is 3.09. The summed E-state index contributed by atoms with van der Waals surface area (Å²) in [4.78, 5) is 24.9. The van der Waals surface area contributed by atoms with Crippen LogP contribution in [0.3, 0.4) is 0 Å². The van der Waals surface area contributed by atoms with E-state index in [2.05, 4.69) is 0 Å². The van der Waals surface area contributed by atoms with Crippen molar-refractivity contribution in [1.29, 1.82) is 0 Å². The summed E-state index contributed by atoms with van der Waals surface area (Å²) < 4.78 is 5.29. The lowest BCUT2D eigenvalue weighted by Gasteiger charge is -2.35. The Kier molecular flexibility index (Phi) is 4.14. The van der Waals surface area contributed by atoms with Crippen molar-refractivity contribution in [3.05, 3.63) is 34.3 Å². The second-order valence-corrected chi connectivity index (χ2v) is 6.52. The van der Waals surface area contributed by atoms with Crippen LogP contribution in [0.2, 0.25) is 5.02 Å². The molecule has 0 unspecified atom stereocenters. The third kappa shape index (κ3) is 3.67. The first-order chi connectivity index (χ1) is 9.67. The SMILES string of the molecule is CC(C)(C)OC(=O)N1Cc2ccc(Cl)cc2C[C@@H]1C(=O)O. The van der Waals surface area contributed by atoms with Crippen molar-refractivity contribution in [3.8, 4) is 0 Å². The number of carboxylic acid groups (broad SMARTS) is 1. The first-order valence-corrected chi connectivity index (χ1v) is 7.05. The van der Waals surface area contributed by atoms with Crippen molar-refractivity contribution in [1.82, 2.24) is 4.90 Å². The van der Waals surface area contributed by atoms with E-state index in [0.29, 0.717) is 5.02 Å². The Balaban J connectivity index is 2.30. The molecule has 2 rings (SSSR count). The lowest BCUT2D eigenvalue weighted by Crippen LogP contribution is -2.50. The lowest BCUT2D eigenvalue weighted by atomic mass is 9.94. The molecular formula is C15H18ClNO4. The molecule has 21 heavy (non-hydrogen) atoms. The third-order valence-corrected chi connectivity index (χ3v) is 3.45. The van der Waals surface area contributed by atoms with Gasteiger partial charge in [0.2, 0.25) is 0 Å². The van der Waals surface area contributed by atoms with E-state index in [1.807, 2.05) is 6.07 Å². The number of hydrogen-bond acceptors (Lipinski definition) is 3. The number of hydrogen-bond donors (Lipinski definition) is 1. The fourth-order valence-corrected chi connectivity index (χ4v) is 2.48. The van der Waals surface area contributed by atoms with Gasteiger partial charge in [-0.2, -0.15) is 0 Å². The number of ether oxygens (including phenoxy) is 1. The molecule has 0 spiro atoms. The minimum absolute atomic E-state index is 0.207. The molecule has 1 aliphatic heterocycles. The summed E-state index contributed by atoms with van der Waals surface area (Å²) in [7, 11) is 0. The van der Waals surface area contributed by atoms with Crippen molar-refractivity contribution >= 4 is 23.7 Å². The largest absolute Gasteiger partial charge is 0.480 e. The molecule has 1 atom stereocenters. The standard InChI is InChI=1S/C15H18ClNO4/c1-15(2,3)21-14(20)17-8-9-4-5-11(16)6-10(9)7-12(17)13(18)19/h4-6,12H,7-8H2,1-3H3,(H,18,19)/t12-/m1/s1. The van der Waals surface area contributed by atoms with E-state index in [1.54, 1.807) is 32.9 Å². The van der Waals surface area contributed by atoms with Gasteiger partial charge in [0.1, 0.15) is 11.6 Å². The van der Waals surface area contributed by atoms with E-state index < -0.39 is 23.7 Å². The zero-order chi connectivity index (χ0) is 15.8. The predicted molar refractivity (Wildman–Crippen MR) is 78.4 cm³/mol. The molecule has 1 heterocycles. The van der Waals surface area contributed by atoms with E-state index in [4.69, 9.17) is 16.3 Å². The maximum Gasteiger partial charge on any atom is 0.411 e. The van der Waals surface area contributed by atoms with E-state index in [1.165, 1.54) is 4.90 Å². The number of amides is 1. The molecule has 0 aliphatic carbocycles. The van der Waals surface area contributed by atoms with Crippen molar-refractivity contribution in [3.63, 3.8) is 0 Å². The minimum atomic E-state index is -1.05. The van der Waals surface area contributed by atoms with Crippen LogP contribution < -0.4 is 0 Å². The zero-order valence-corrected chi connectivity index (χ0v) is 13.0. The van der Waals surface area contributed by atoms with E-state index in [9.17, 15) is 14.7 Å². The van der Waals surface area contributed by atoms with Gasteiger partial charge in [-0.1, -0.05) is 17.7 Å². The van der Waals surface area contributed by atoms with Gasteiger partial charge < -0.3 is 9.84 Å². The van der Waals surface area contributed by atoms with Gasteiger partial charge in [-0.15, -0.1) is 0 Å². The van der Waals surface area contributed by atoms with Crippen LogP contribution >= 0.6 is 11.6 Å². The average molecular weight is 312 g/mol. The van der Waals surface area contributed by atoms with Crippen molar-refractivity contribution < 1.29 is 19.4 Å². The number of halogens is 1. The Morgan fingerprint density at radius 1 is 1.33 bits per heavy atom. The summed E-state index contributed by atoms with van der Waals surface area (Å²) in [6.07, 6.45) is -0.389. The van der Waals surface area contributed by atoms with Gasteiger partial charge in [0.25, 0.3) is 0 Å². The topological polar surface area (TPSA) is 66.8 Å². The van der Waals surface area contributed by atoms with E-state index in [-0.39, 0.29) is 13.0 Å². The van der Waals surface area contributed by atoms with Gasteiger partial charge in [-0.3, -0.25) is 4.90 Å². The van der Waals surface area contributed by atoms with Crippen LogP contribution in [0, 0.1) is 0 Å². The molecule has 1 aliphatic rings. The molecule has 1 amide bonds. The summed E-state index contributed by atoms with van der Waals surface area (Å²) in [5.41, 5.74) is 1.08. The molecule has 0 bridgehead atoms. The highest BCUT2D eigenvalue weighted by Crippen LogP contribution is 2.27. The highest BCUT2D eigenvalue weighted by Gasteiger charge is 2.36. The Labute approximate surface area is 128 Å². The molecular weight excluding hydrogens is 294 g/mol. The highest BCUT2D eigenvalue weighted by molar-refractivity contribution is 6.30. The number of benzene rings is 1. The number of nitrogens with zero attached hydrogens (tertiary/aromatic N) is 1. The molecule has 1 N–H and O–H groups in total. The van der Waals surface area contributed by atoms with Gasteiger partial charge in [-0.25, -0.2) is 9.59 Å². The number of rotatable bonds is 1. The zero-order valence-electron chi connectivity index (χ0n) is 12.2. The summed E-state index contributed by atoms with van der Waals surface area (Å²) in [6, 6.07) is 4.35. The van der Waals surface area contributed by atoms with Gasteiger partial charge in [0, 0.05) is 11.4 Å². The second-order valence-electron chi connectivity index (χ2n) is 6.08. The van der Waals surface area contributed by atoms with Crippen molar-refractivity contribution in [2.75, 3.05) is 0 Å². The van der Waals surface area contributed by atoms with Crippen molar-refractivity contribution in [2.24, 2.45) is 0 Å². The summed E-state index contributed by atoms with van der Waals surface area (Å²) in [5, 5.41) is 9.93.